The second-order valence-electron chi connectivity index (χ2n) is 4.33. The summed E-state index contributed by atoms with van der Waals surface area (Å²) in [4.78, 5) is 23.3. The quantitative estimate of drug-likeness (QED) is 0.820. The van der Waals surface area contributed by atoms with Gasteiger partial charge < -0.3 is 9.88 Å². The van der Waals surface area contributed by atoms with E-state index in [1.165, 1.54) is 17.4 Å². The molecule has 2 rings (SSSR count). The van der Waals surface area contributed by atoms with Gasteiger partial charge in [0.25, 0.3) is 11.5 Å². The lowest BCUT2D eigenvalue weighted by atomic mass is 10.2. The summed E-state index contributed by atoms with van der Waals surface area (Å²) in [6.45, 7) is 0.668. The first-order valence-corrected chi connectivity index (χ1v) is 5.62. The standard InChI is InChI=1S/C12H16N2O2/c1-14-8-2-3-10(12(14)16)11(15)13-7-6-9-4-5-9/h2-3,8-9H,4-7H2,1H3,(H,13,15). The third-order valence-corrected chi connectivity index (χ3v) is 2.90. The molecule has 1 heterocycles. The molecule has 4 heteroatoms. The maximum atomic E-state index is 11.7. The Morgan fingerprint density at radius 3 is 3.00 bits per heavy atom. The molecule has 0 aliphatic heterocycles. The number of hydrogen-bond acceptors (Lipinski definition) is 2. The van der Waals surface area contributed by atoms with E-state index in [4.69, 9.17) is 0 Å². The first kappa shape index (κ1) is 10.9. The zero-order chi connectivity index (χ0) is 11.5. The molecule has 1 aliphatic carbocycles. The number of amides is 1. The molecule has 0 atom stereocenters. The molecule has 1 amide bonds. The fourth-order valence-electron chi connectivity index (χ4n) is 1.66. The summed E-state index contributed by atoms with van der Waals surface area (Å²) in [5, 5.41) is 2.79. The van der Waals surface area contributed by atoms with Crippen LogP contribution in [0, 0.1) is 5.92 Å². The van der Waals surface area contributed by atoms with E-state index in [-0.39, 0.29) is 17.0 Å². The monoisotopic (exact) mass is 220 g/mol. The summed E-state index contributed by atoms with van der Waals surface area (Å²) < 4.78 is 1.41. The number of pyridine rings is 1. The van der Waals surface area contributed by atoms with E-state index >= 15 is 0 Å². The van der Waals surface area contributed by atoms with Crippen molar-refractivity contribution in [3.63, 3.8) is 0 Å². The Bertz CT molecular complexity index is 447. The number of carbonyl (C=O) groups is 1. The highest BCUT2D eigenvalue weighted by Crippen LogP contribution is 2.31. The molecule has 1 aliphatic rings. The van der Waals surface area contributed by atoms with E-state index in [9.17, 15) is 9.59 Å². The number of nitrogens with zero attached hydrogens (tertiary/aromatic N) is 1. The van der Waals surface area contributed by atoms with Crippen molar-refractivity contribution in [2.24, 2.45) is 13.0 Å². The molecule has 0 unspecified atom stereocenters. The maximum absolute atomic E-state index is 11.7. The molecule has 1 fully saturated rings. The van der Waals surface area contributed by atoms with Crippen molar-refractivity contribution in [2.45, 2.75) is 19.3 Å². The van der Waals surface area contributed by atoms with E-state index in [0.29, 0.717) is 6.54 Å². The summed E-state index contributed by atoms with van der Waals surface area (Å²) in [5.41, 5.74) is -0.0211. The average Bonchev–Trinajstić information content (AvgIpc) is 3.06. The maximum Gasteiger partial charge on any atom is 0.263 e. The number of carbonyl (C=O) groups excluding carboxylic acids is 1. The minimum absolute atomic E-state index is 0.223. The molecular formula is C12H16N2O2. The predicted molar refractivity (Wildman–Crippen MR) is 61.4 cm³/mol. The van der Waals surface area contributed by atoms with Crippen LogP contribution < -0.4 is 10.9 Å². The van der Waals surface area contributed by atoms with Gasteiger partial charge in [0, 0.05) is 19.8 Å². The normalized spacial score (nSPS) is 14.8. The van der Waals surface area contributed by atoms with E-state index in [1.807, 2.05) is 0 Å². The van der Waals surface area contributed by atoms with Gasteiger partial charge in [-0.05, 0) is 24.5 Å². The molecule has 16 heavy (non-hydrogen) atoms. The number of aromatic nitrogens is 1. The van der Waals surface area contributed by atoms with Gasteiger partial charge in [-0.1, -0.05) is 12.8 Å². The van der Waals surface area contributed by atoms with Gasteiger partial charge in [0.1, 0.15) is 5.56 Å². The van der Waals surface area contributed by atoms with Crippen LogP contribution in [0.4, 0.5) is 0 Å². The highest BCUT2D eigenvalue weighted by molar-refractivity contribution is 5.93. The van der Waals surface area contributed by atoms with E-state index in [2.05, 4.69) is 5.32 Å². The van der Waals surface area contributed by atoms with Gasteiger partial charge in [-0.15, -0.1) is 0 Å². The molecule has 1 saturated carbocycles. The van der Waals surface area contributed by atoms with Gasteiger partial charge in [0.05, 0.1) is 0 Å². The van der Waals surface area contributed by atoms with E-state index in [0.717, 1.165) is 12.3 Å². The SMILES string of the molecule is Cn1cccc(C(=O)NCCC2CC2)c1=O. The molecule has 0 saturated heterocycles. The summed E-state index contributed by atoms with van der Waals surface area (Å²) in [5.74, 6) is 0.528. The van der Waals surface area contributed by atoms with Crippen LogP contribution in [0.1, 0.15) is 29.6 Å². The lowest BCUT2D eigenvalue weighted by Crippen LogP contribution is -2.32. The highest BCUT2D eigenvalue weighted by atomic mass is 16.2. The fraction of sp³-hybridized carbons (Fsp3) is 0.500. The van der Waals surface area contributed by atoms with E-state index < -0.39 is 0 Å². The van der Waals surface area contributed by atoms with Gasteiger partial charge in [-0.3, -0.25) is 9.59 Å². The zero-order valence-electron chi connectivity index (χ0n) is 9.40. The zero-order valence-corrected chi connectivity index (χ0v) is 9.40. The summed E-state index contributed by atoms with van der Waals surface area (Å²) >= 11 is 0. The minimum Gasteiger partial charge on any atom is -0.352 e. The third-order valence-electron chi connectivity index (χ3n) is 2.90. The summed E-state index contributed by atoms with van der Waals surface area (Å²) in [6.07, 6.45) is 5.23. The van der Waals surface area contributed by atoms with Crippen LogP contribution in [0.3, 0.4) is 0 Å². The summed E-state index contributed by atoms with van der Waals surface area (Å²) in [6, 6.07) is 3.27. The van der Waals surface area contributed by atoms with Crippen molar-refractivity contribution in [2.75, 3.05) is 6.54 Å². The third kappa shape index (κ3) is 2.51. The van der Waals surface area contributed by atoms with Crippen molar-refractivity contribution in [1.29, 1.82) is 0 Å². The Morgan fingerprint density at radius 1 is 1.56 bits per heavy atom. The van der Waals surface area contributed by atoms with Crippen LogP contribution in [-0.4, -0.2) is 17.0 Å². The molecule has 0 spiro atoms. The Labute approximate surface area is 94.3 Å². The van der Waals surface area contributed by atoms with Crippen LogP contribution in [-0.2, 0) is 7.05 Å². The van der Waals surface area contributed by atoms with Gasteiger partial charge in [0.2, 0.25) is 0 Å². The van der Waals surface area contributed by atoms with Crippen molar-refractivity contribution >= 4 is 5.91 Å². The topological polar surface area (TPSA) is 51.1 Å². The minimum atomic E-state index is -0.262. The highest BCUT2D eigenvalue weighted by Gasteiger charge is 2.21. The van der Waals surface area contributed by atoms with Crippen molar-refractivity contribution in [3.05, 3.63) is 34.2 Å². The molecule has 0 aromatic carbocycles. The molecule has 1 aromatic rings. The molecule has 1 N–H and O–H groups in total. The van der Waals surface area contributed by atoms with Gasteiger partial charge in [0.15, 0.2) is 0 Å². The summed E-state index contributed by atoms with van der Waals surface area (Å²) in [7, 11) is 1.64. The van der Waals surface area contributed by atoms with E-state index in [1.54, 1.807) is 25.4 Å². The lowest BCUT2D eigenvalue weighted by Gasteiger charge is -2.05. The fourth-order valence-corrected chi connectivity index (χ4v) is 1.66. The molecule has 0 radical (unpaired) electrons. The van der Waals surface area contributed by atoms with Crippen LogP contribution in [0.2, 0.25) is 0 Å². The Kier molecular flexibility index (Phi) is 3.08. The number of aryl methyl sites for hydroxylation is 1. The van der Waals surface area contributed by atoms with Gasteiger partial charge in [-0.2, -0.15) is 0 Å². The molecule has 86 valence electrons. The first-order valence-electron chi connectivity index (χ1n) is 5.62. The lowest BCUT2D eigenvalue weighted by molar-refractivity contribution is 0.0950. The smallest absolute Gasteiger partial charge is 0.263 e. The second-order valence-corrected chi connectivity index (χ2v) is 4.33. The molecular weight excluding hydrogens is 204 g/mol. The Balaban J connectivity index is 1.96. The molecule has 1 aromatic heterocycles. The van der Waals surface area contributed by atoms with Crippen LogP contribution in [0.5, 0.6) is 0 Å². The Morgan fingerprint density at radius 2 is 2.31 bits per heavy atom. The first-order chi connectivity index (χ1) is 7.68. The van der Waals surface area contributed by atoms with Crippen LogP contribution >= 0.6 is 0 Å². The number of nitrogens with one attached hydrogen (secondary N) is 1. The van der Waals surface area contributed by atoms with Crippen molar-refractivity contribution in [3.8, 4) is 0 Å². The van der Waals surface area contributed by atoms with Crippen LogP contribution in [0.15, 0.2) is 23.1 Å². The van der Waals surface area contributed by atoms with Crippen molar-refractivity contribution in [1.82, 2.24) is 9.88 Å². The largest absolute Gasteiger partial charge is 0.352 e. The molecule has 0 bridgehead atoms. The predicted octanol–water partition coefficient (Wildman–Crippen LogP) is 0.915. The molecule has 4 nitrogen and oxygen atoms in total. The Hall–Kier alpha value is -1.58. The number of rotatable bonds is 4. The van der Waals surface area contributed by atoms with Crippen LogP contribution in [0.25, 0.3) is 0 Å². The second kappa shape index (κ2) is 4.51. The number of hydrogen-bond donors (Lipinski definition) is 1. The van der Waals surface area contributed by atoms with Gasteiger partial charge >= 0.3 is 0 Å². The van der Waals surface area contributed by atoms with Gasteiger partial charge in [-0.25, -0.2) is 0 Å². The van der Waals surface area contributed by atoms with Crippen molar-refractivity contribution < 1.29 is 4.79 Å². The average molecular weight is 220 g/mol.